The average molecular weight is 543 g/mol. The Balaban J connectivity index is 1.86. The molecule has 1 aliphatic rings. The van der Waals surface area contributed by atoms with Gasteiger partial charge in [-0.15, -0.1) is 0 Å². The van der Waals surface area contributed by atoms with Crippen molar-refractivity contribution in [1.82, 2.24) is 0 Å². The molecule has 37 heavy (non-hydrogen) atoms. The minimum Gasteiger partial charge on any atom is -0.489 e. The van der Waals surface area contributed by atoms with Gasteiger partial charge in [-0.05, 0) is 42.7 Å². The maximum absolute atomic E-state index is 14.1. The van der Waals surface area contributed by atoms with Crippen LogP contribution in [0.2, 0.25) is 0 Å². The Labute approximate surface area is 207 Å². The fraction of sp³-hybridized carbons (Fsp3) is 0.520. The highest BCUT2D eigenvalue weighted by Crippen LogP contribution is 2.50. The Bertz CT molecular complexity index is 1030. The second-order valence-corrected chi connectivity index (χ2v) is 9.26. The molecule has 1 aliphatic carbocycles. The molecule has 1 N–H and O–H groups in total. The fourth-order valence-corrected chi connectivity index (χ4v) is 4.47. The monoisotopic (exact) mass is 543 g/mol. The van der Waals surface area contributed by atoms with Crippen LogP contribution in [0.1, 0.15) is 43.2 Å². The van der Waals surface area contributed by atoms with E-state index in [-0.39, 0.29) is 49.3 Å². The molecule has 1 unspecified atom stereocenters. The van der Waals surface area contributed by atoms with Crippen LogP contribution in [-0.2, 0) is 12.8 Å². The molecular weight excluding hydrogens is 517 g/mol. The molecular formula is C25H26F9NO2. The van der Waals surface area contributed by atoms with Crippen molar-refractivity contribution in [2.75, 3.05) is 18.0 Å². The van der Waals surface area contributed by atoms with Crippen molar-refractivity contribution in [3.8, 4) is 5.75 Å². The molecule has 12 heteroatoms. The largest absolute Gasteiger partial charge is 0.489 e. The van der Waals surface area contributed by atoms with E-state index in [1.807, 2.05) is 0 Å². The van der Waals surface area contributed by atoms with Gasteiger partial charge in [0.25, 0.3) is 0 Å². The zero-order valence-electron chi connectivity index (χ0n) is 19.6. The van der Waals surface area contributed by atoms with E-state index < -0.39 is 48.7 Å². The van der Waals surface area contributed by atoms with E-state index in [0.29, 0.717) is 6.42 Å². The van der Waals surface area contributed by atoms with E-state index in [0.717, 1.165) is 17.0 Å². The molecule has 1 saturated carbocycles. The normalized spacial score (nSPS) is 17.4. The highest BCUT2D eigenvalue weighted by molar-refractivity contribution is 5.51. The summed E-state index contributed by atoms with van der Waals surface area (Å²) < 4.78 is 126. The maximum Gasteiger partial charge on any atom is 0.416 e. The summed E-state index contributed by atoms with van der Waals surface area (Å²) in [4.78, 5) is 0.855. The Morgan fingerprint density at radius 3 is 2.11 bits per heavy atom. The lowest BCUT2D eigenvalue weighted by atomic mass is 9.73. The van der Waals surface area contributed by atoms with E-state index in [1.54, 1.807) is 0 Å². The molecule has 0 saturated heterocycles. The molecule has 0 amide bonds. The van der Waals surface area contributed by atoms with Crippen LogP contribution in [0, 0.1) is 5.41 Å². The Kier molecular flexibility index (Phi) is 8.60. The van der Waals surface area contributed by atoms with Crippen molar-refractivity contribution in [2.24, 2.45) is 5.41 Å². The van der Waals surface area contributed by atoms with E-state index in [9.17, 15) is 44.6 Å². The third-order valence-electron chi connectivity index (χ3n) is 6.52. The van der Waals surface area contributed by atoms with Crippen molar-refractivity contribution in [3.63, 3.8) is 0 Å². The molecule has 2 aromatic rings. The van der Waals surface area contributed by atoms with E-state index in [1.165, 1.54) is 36.4 Å². The lowest BCUT2D eigenvalue weighted by molar-refractivity contribution is -0.232. The highest BCUT2D eigenvalue weighted by atomic mass is 19.4. The number of rotatable bonds is 8. The number of halogens is 9. The third kappa shape index (κ3) is 7.45. The number of alkyl halides is 9. The van der Waals surface area contributed by atoms with Crippen LogP contribution in [0.25, 0.3) is 0 Å². The third-order valence-corrected chi connectivity index (χ3v) is 6.52. The summed E-state index contributed by atoms with van der Waals surface area (Å²) >= 11 is 0. The minimum atomic E-state index is -5.05. The van der Waals surface area contributed by atoms with Gasteiger partial charge in [0.05, 0.1) is 17.5 Å². The Hall–Kier alpha value is -2.63. The lowest BCUT2D eigenvalue weighted by Gasteiger charge is -2.43. The van der Waals surface area contributed by atoms with Gasteiger partial charge in [-0.3, -0.25) is 0 Å². The van der Waals surface area contributed by atoms with Crippen LogP contribution in [0.15, 0.2) is 48.5 Å². The first-order chi connectivity index (χ1) is 17.1. The number of anilines is 1. The molecule has 1 fully saturated rings. The first kappa shape index (κ1) is 28.9. The van der Waals surface area contributed by atoms with Gasteiger partial charge in [0.15, 0.2) is 6.10 Å². The molecule has 0 radical (unpaired) electrons. The SMILES string of the molecule is OC(CN(CC1(C(F)(F)F)CCCCC1)c1cccc(OCc2cccc(C(F)(F)F)c2)c1)C(F)(F)F. The number of nitrogens with zero attached hydrogens (tertiary/aromatic N) is 1. The predicted molar refractivity (Wildman–Crippen MR) is 118 cm³/mol. The molecule has 206 valence electrons. The van der Waals surface area contributed by atoms with Crippen LogP contribution in [0.4, 0.5) is 45.2 Å². The minimum absolute atomic E-state index is 0.0334. The molecule has 0 bridgehead atoms. The summed E-state index contributed by atoms with van der Waals surface area (Å²) in [5, 5.41) is 9.68. The van der Waals surface area contributed by atoms with Gasteiger partial charge >= 0.3 is 18.5 Å². The smallest absolute Gasteiger partial charge is 0.416 e. The van der Waals surface area contributed by atoms with E-state index in [2.05, 4.69) is 0 Å². The van der Waals surface area contributed by atoms with Crippen molar-refractivity contribution in [3.05, 3.63) is 59.7 Å². The summed E-state index contributed by atoms with van der Waals surface area (Å²) in [7, 11) is 0. The quantitative estimate of drug-likeness (QED) is 0.350. The summed E-state index contributed by atoms with van der Waals surface area (Å²) in [6, 6.07) is 9.60. The average Bonchev–Trinajstić information content (AvgIpc) is 2.81. The van der Waals surface area contributed by atoms with Gasteiger partial charge in [0.1, 0.15) is 12.4 Å². The second-order valence-electron chi connectivity index (χ2n) is 9.26. The second kappa shape index (κ2) is 11.0. The van der Waals surface area contributed by atoms with Crippen molar-refractivity contribution in [2.45, 2.75) is 63.3 Å². The number of ether oxygens (including phenoxy) is 1. The van der Waals surface area contributed by atoms with Gasteiger partial charge in [-0.2, -0.15) is 39.5 Å². The van der Waals surface area contributed by atoms with Gasteiger partial charge in [0, 0.05) is 18.3 Å². The van der Waals surface area contributed by atoms with Crippen LogP contribution in [-0.4, -0.2) is 36.7 Å². The molecule has 3 nitrogen and oxygen atoms in total. The fourth-order valence-electron chi connectivity index (χ4n) is 4.47. The molecule has 0 heterocycles. The molecule has 1 atom stereocenters. The van der Waals surface area contributed by atoms with Crippen molar-refractivity contribution < 1.29 is 49.4 Å². The van der Waals surface area contributed by atoms with Crippen LogP contribution in [0.5, 0.6) is 5.75 Å². The predicted octanol–water partition coefficient (Wildman–Crippen LogP) is 7.53. The standard InChI is InChI=1S/C25H26F9NO2/c26-23(27,28)18-7-4-6-17(12-18)15-37-20-9-5-8-19(13-20)35(14-21(36)24(29,30)31)16-22(25(32,33)34)10-2-1-3-11-22/h4-9,12-13,21,36H,1-3,10-11,14-16H2. The Morgan fingerprint density at radius 2 is 1.51 bits per heavy atom. The number of hydrogen-bond acceptors (Lipinski definition) is 3. The van der Waals surface area contributed by atoms with Crippen LogP contribution in [0.3, 0.4) is 0 Å². The van der Waals surface area contributed by atoms with Crippen LogP contribution >= 0.6 is 0 Å². The van der Waals surface area contributed by atoms with Crippen molar-refractivity contribution in [1.29, 1.82) is 0 Å². The summed E-state index contributed by atoms with van der Waals surface area (Å²) in [6.07, 6.45) is -16.5. The lowest BCUT2D eigenvalue weighted by Crippen LogP contribution is -2.51. The van der Waals surface area contributed by atoms with E-state index >= 15 is 0 Å². The highest BCUT2D eigenvalue weighted by Gasteiger charge is 2.55. The molecule has 0 spiro atoms. The van der Waals surface area contributed by atoms with Gasteiger partial charge in [-0.25, -0.2) is 0 Å². The maximum atomic E-state index is 14.1. The Morgan fingerprint density at radius 1 is 0.865 bits per heavy atom. The van der Waals surface area contributed by atoms with E-state index in [4.69, 9.17) is 4.74 Å². The summed E-state index contributed by atoms with van der Waals surface area (Å²) in [6.45, 7) is -2.23. The number of aliphatic hydroxyl groups is 1. The molecule has 2 aromatic carbocycles. The first-order valence-corrected chi connectivity index (χ1v) is 11.6. The molecule has 0 aromatic heterocycles. The van der Waals surface area contributed by atoms with Gasteiger partial charge in [-0.1, -0.05) is 37.5 Å². The molecule has 0 aliphatic heterocycles. The van der Waals surface area contributed by atoms with Crippen LogP contribution < -0.4 is 9.64 Å². The zero-order valence-corrected chi connectivity index (χ0v) is 19.6. The summed E-state index contributed by atoms with van der Waals surface area (Å²) in [5.41, 5.74) is -3.01. The summed E-state index contributed by atoms with van der Waals surface area (Å²) in [5.74, 6) is 0.0334. The first-order valence-electron chi connectivity index (χ1n) is 11.6. The van der Waals surface area contributed by atoms with Crippen molar-refractivity contribution >= 4 is 5.69 Å². The van der Waals surface area contributed by atoms with Gasteiger partial charge in [0.2, 0.25) is 0 Å². The zero-order chi connectivity index (χ0) is 27.5. The molecule has 3 rings (SSSR count). The number of benzene rings is 2. The topological polar surface area (TPSA) is 32.7 Å². The number of hydrogen-bond donors (Lipinski definition) is 1. The van der Waals surface area contributed by atoms with Gasteiger partial charge < -0.3 is 14.7 Å². The number of aliphatic hydroxyl groups excluding tert-OH is 1.